The summed E-state index contributed by atoms with van der Waals surface area (Å²) in [7, 11) is 0. The van der Waals surface area contributed by atoms with Crippen LogP contribution >= 0.6 is 0 Å². The predicted octanol–water partition coefficient (Wildman–Crippen LogP) is 2.48. The molecule has 1 aromatic rings. The van der Waals surface area contributed by atoms with Crippen molar-refractivity contribution in [3.05, 3.63) is 59.8 Å². The number of halogens is 1. The van der Waals surface area contributed by atoms with Crippen LogP contribution in [0.5, 0.6) is 0 Å². The summed E-state index contributed by atoms with van der Waals surface area (Å²) in [6, 6.07) is 3.38. The molecule has 222 valence electrons. The number of carboxylic acid groups (broad SMARTS) is 1. The highest BCUT2D eigenvalue weighted by molar-refractivity contribution is 5.93. The molecule has 2 aliphatic rings. The Kier molecular flexibility index (Phi) is 11.0. The van der Waals surface area contributed by atoms with E-state index in [2.05, 4.69) is 16.0 Å². The number of ketones is 1. The summed E-state index contributed by atoms with van der Waals surface area (Å²) in [6.07, 6.45) is 4.34. The monoisotopic (exact) mass is 572 g/mol. The van der Waals surface area contributed by atoms with Crippen molar-refractivity contribution in [1.82, 2.24) is 20.9 Å². The van der Waals surface area contributed by atoms with Gasteiger partial charge in [-0.2, -0.15) is 0 Å². The average Bonchev–Trinajstić information content (AvgIpc) is 3.53. The standard InChI is InChI=1S/C29H37FN4O7/c1-17(2)26(33-29(40)34-15-18(3)41-16-34)24(35)14-21(12-19-4-6-22(30)7-5-19)28(39)32-23(8-9-25(36)37)13-20-10-11-31-27(20)38/h4-9,15,17,20-21,23,26H,10-14,16H2,1-3H3,(H,31,38)(H,32,39)(H,33,40)(H,36,37)/b9-8+. The van der Waals surface area contributed by atoms with E-state index in [-0.39, 0.29) is 43.6 Å². The van der Waals surface area contributed by atoms with E-state index >= 15 is 0 Å². The Morgan fingerprint density at radius 2 is 1.90 bits per heavy atom. The number of allylic oxidation sites excluding steroid dienone is 1. The van der Waals surface area contributed by atoms with Crippen molar-refractivity contribution in [1.29, 1.82) is 0 Å². The van der Waals surface area contributed by atoms with E-state index in [1.54, 1.807) is 20.8 Å². The van der Waals surface area contributed by atoms with Crippen LogP contribution in [0.25, 0.3) is 0 Å². The van der Waals surface area contributed by atoms with Gasteiger partial charge in [0.1, 0.15) is 11.6 Å². The summed E-state index contributed by atoms with van der Waals surface area (Å²) < 4.78 is 18.8. The van der Waals surface area contributed by atoms with Gasteiger partial charge in [0.2, 0.25) is 11.8 Å². The fourth-order valence-corrected chi connectivity index (χ4v) is 4.81. The normalized spacial score (nSPS) is 18.9. The Morgan fingerprint density at radius 3 is 2.46 bits per heavy atom. The van der Waals surface area contributed by atoms with Crippen molar-refractivity contribution in [3.63, 3.8) is 0 Å². The number of amides is 4. The van der Waals surface area contributed by atoms with E-state index in [9.17, 15) is 28.4 Å². The number of carboxylic acids is 1. The van der Waals surface area contributed by atoms with Crippen LogP contribution in [0, 0.1) is 23.6 Å². The molecule has 0 bridgehead atoms. The van der Waals surface area contributed by atoms with Crippen LogP contribution in [0.3, 0.4) is 0 Å². The summed E-state index contributed by atoms with van der Waals surface area (Å²) in [5, 5.41) is 17.4. The zero-order valence-electron chi connectivity index (χ0n) is 23.4. The maximum Gasteiger partial charge on any atom is 0.328 e. The number of carbonyl (C=O) groups excluding carboxylic acids is 4. The highest BCUT2D eigenvalue weighted by atomic mass is 19.1. The zero-order valence-corrected chi connectivity index (χ0v) is 23.4. The van der Waals surface area contributed by atoms with Gasteiger partial charge in [0, 0.05) is 43.1 Å². The molecule has 4 amide bonds. The van der Waals surface area contributed by atoms with Crippen molar-refractivity contribution in [3.8, 4) is 0 Å². The minimum absolute atomic E-state index is 0.0243. The Labute approximate surface area is 238 Å². The van der Waals surface area contributed by atoms with Gasteiger partial charge in [0.15, 0.2) is 12.5 Å². The fourth-order valence-electron chi connectivity index (χ4n) is 4.81. The third kappa shape index (κ3) is 9.44. The van der Waals surface area contributed by atoms with Gasteiger partial charge in [-0.05, 0) is 49.8 Å². The van der Waals surface area contributed by atoms with E-state index in [4.69, 9.17) is 9.84 Å². The number of rotatable bonds is 13. The zero-order chi connectivity index (χ0) is 30.1. The summed E-state index contributed by atoms with van der Waals surface area (Å²) in [4.78, 5) is 64.5. The van der Waals surface area contributed by atoms with E-state index in [1.807, 2.05) is 0 Å². The predicted molar refractivity (Wildman–Crippen MR) is 146 cm³/mol. The van der Waals surface area contributed by atoms with Gasteiger partial charge >= 0.3 is 12.0 Å². The number of nitrogens with zero attached hydrogens (tertiary/aromatic N) is 1. The molecule has 0 aliphatic carbocycles. The summed E-state index contributed by atoms with van der Waals surface area (Å²) in [5.74, 6) is -3.77. The van der Waals surface area contributed by atoms with Gasteiger partial charge < -0.3 is 25.8 Å². The second-order valence-electron chi connectivity index (χ2n) is 10.7. The summed E-state index contributed by atoms with van der Waals surface area (Å²) >= 11 is 0. The number of Topliss-reactive ketones (excluding diaryl/α,β-unsaturated/α-hetero) is 1. The number of aliphatic carboxylic acids is 1. The van der Waals surface area contributed by atoms with Crippen LogP contribution in [0.15, 0.2) is 48.4 Å². The van der Waals surface area contributed by atoms with Crippen LogP contribution < -0.4 is 16.0 Å². The highest BCUT2D eigenvalue weighted by Crippen LogP contribution is 2.21. The molecule has 41 heavy (non-hydrogen) atoms. The molecule has 2 heterocycles. The maximum absolute atomic E-state index is 13.6. The molecule has 0 saturated carbocycles. The van der Waals surface area contributed by atoms with Crippen molar-refractivity contribution in [2.75, 3.05) is 13.3 Å². The molecule has 4 atom stereocenters. The van der Waals surface area contributed by atoms with Gasteiger partial charge in [-0.25, -0.2) is 14.0 Å². The third-order valence-electron chi connectivity index (χ3n) is 7.04. The minimum Gasteiger partial charge on any atom is -0.478 e. The Bertz CT molecular complexity index is 1200. The summed E-state index contributed by atoms with van der Waals surface area (Å²) in [5.41, 5.74) is 0.618. The highest BCUT2D eigenvalue weighted by Gasteiger charge is 2.33. The number of ether oxygens (including phenoxy) is 1. The minimum atomic E-state index is -1.21. The first-order valence-electron chi connectivity index (χ1n) is 13.6. The molecule has 1 aromatic carbocycles. The van der Waals surface area contributed by atoms with E-state index in [1.165, 1.54) is 41.4 Å². The Morgan fingerprint density at radius 1 is 1.20 bits per heavy atom. The van der Waals surface area contributed by atoms with Crippen LogP contribution in [0.2, 0.25) is 0 Å². The fraction of sp³-hybridized carbons (Fsp3) is 0.483. The molecule has 2 aliphatic heterocycles. The molecule has 1 fully saturated rings. The number of carbonyl (C=O) groups is 5. The van der Waals surface area contributed by atoms with Crippen molar-refractivity contribution in [2.24, 2.45) is 17.8 Å². The van der Waals surface area contributed by atoms with E-state index < -0.39 is 47.6 Å². The number of urea groups is 1. The van der Waals surface area contributed by atoms with Gasteiger partial charge in [-0.1, -0.05) is 32.1 Å². The van der Waals surface area contributed by atoms with Gasteiger partial charge in [0.25, 0.3) is 0 Å². The van der Waals surface area contributed by atoms with E-state index in [0.29, 0.717) is 24.3 Å². The Hall–Kier alpha value is -4.22. The van der Waals surface area contributed by atoms with Gasteiger partial charge in [-0.3, -0.25) is 19.3 Å². The molecule has 0 spiro atoms. The van der Waals surface area contributed by atoms with Crippen LogP contribution in [0.4, 0.5) is 9.18 Å². The quantitative estimate of drug-likeness (QED) is 0.265. The summed E-state index contributed by atoms with van der Waals surface area (Å²) in [6.45, 7) is 5.78. The van der Waals surface area contributed by atoms with Crippen molar-refractivity contribution < 1.29 is 38.2 Å². The molecule has 4 N–H and O–H groups in total. The average molecular weight is 573 g/mol. The first kappa shape index (κ1) is 31.3. The smallest absolute Gasteiger partial charge is 0.328 e. The molecule has 12 heteroatoms. The largest absolute Gasteiger partial charge is 0.478 e. The first-order valence-corrected chi connectivity index (χ1v) is 13.6. The molecule has 0 aromatic heterocycles. The molecular formula is C29H37FN4O7. The molecule has 1 saturated heterocycles. The third-order valence-corrected chi connectivity index (χ3v) is 7.04. The number of nitrogens with one attached hydrogen (secondary N) is 3. The van der Waals surface area contributed by atoms with Crippen LogP contribution in [0.1, 0.15) is 45.6 Å². The lowest BCUT2D eigenvalue weighted by molar-refractivity contribution is -0.131. The second kappa shape index (κ2) is 14.4. The lowest BCUT2D eigenvalue weighted by Crippen LogP contribution is -2.50. The molecular weight excluding hydrogens is 535 g/mol. The molecule has 0 radical (unpaired) electrons. The molecule has 11 nitrogen and oxygen atoms in total. The van der Waals surface area contributed by atoms with Crippen LogP contribution in [-0.4, -0.2) is 65.0 Å². The van der Waals surface area contributed by atoms with Crippen molar-refractivity contribution in [2.45, 2.75) is 58.5 Å². The SMILES string of the molecule is CC1=CN(C(=O)NC(C(=O)CC(Cc2ccc(F)cc2)C(=O)NC(/C=C/C(=O)O)CC2CCNC2=O)C(C)C)CO1. The number of benzene rings is 1. The topological polar surface area (TPSA) is 154 Å². The maximum atomic E-state index is 13.6. The molecule has 3 rings (SSSR count). The van der Waals surface area contributed by atoms with Gasteiger partial charge in [-0.15, -0.1) is 0 Å². The first-order chi connectivity index (χ1) is 19.4. The lowest BCUT2D eigenvalue weighted by Gasteiger charge is -2.26. The van der Waals surface area contributed by atoms with E-state index in [0.717, 1.165) is 6.08 Å². The second-order valence-corrected chi connectivity index (χ2v) is 10.7. The van der Waals surface area contributed by atoms with Gasteiger partial charge in [0.05, 0.1) is 6.04 Å². The lowest BCUT2D eigenvalue weighted by atomic mass is 9.88. The molecule has 4 unspecified atom stereocenters. The Balaban J connectivity index is 1.79. The van der Waals surface area contributed by atoms with Crippen LogP contribution in [-0.2, 0) is 30.3 Å². The number of hydrogen-bond acceptors (Lipinski definition) is 6. The van der Waals surface area contributed by atoms with Crippen molar-refractivity contribution >= 4 is 29.6 Å². The number of hydrogen-bond donors (Lipinski definition) is 4.